The number of carbonyl (C=O) groups is 2. The van der Waals surface area contributed by atoms with Crippen molar-refractivity contribution in [2.45, 2.75) is 39.0 Å². The van der Waals surface area contributed by atoms with Crippen LogP contribution in [-0.4, -0.2) is 36.2 Å². The van der Waals surface area contributed by atoms with Gasteiger partial charge in [0.25, 0.3) is 5.91 Å². The van der Waals surface area contributed by atoms with E-state index in [1.54, 1.807) is 4.90 Å². The topological polar surface area (TPSA) is 40.6 Å². The molecule has 1 aliphatic rings. The minimum Gasteiger partial charge on any atom is -0.307 e. The molecule has 0 radical (unpaired) electrons. The van der Waals surface area contributed by atoms with Crippen LogP contribution in [0.5, 0.6) is 0 Å². The maximum atomic E-state index is 13.0. The standard InChI is InChI=1S/C15H22N2O2Si/c1-6-16-14(19)17(20(3,4)5)13(18)15(16,2)12-10-8-7-9-11-12/h7-11H,6H2,1-5H3. The van der Waals surface area contributed by atoms with Gasteiger partial charge in [-0.15, -0.1) is 0 Å². The normalized spacial score (nSPS) is 23.6. The number of urea groups is 1. The van der Waals surface area contributed by atoms with Gasteiger partial charge in [0.2, 0.25) is 0 Å². The minimum atomic E-state index is -2.04. The molecule has 3 amide bonds. The molecule has 0 saturated carbocycles. The lowest BCUT2D eigenvalue weighted by atomic mass is 9.91. The first-order valence-electron chi connectivity index (χ1n) is 6.96. The van der Waals surface area contributed by atoms with E-state index in [9.17, 15) is 9.59 Å². The Morgan fingerprint density at radius 3 is 2.10 bits per heavy atom. The van der Waals surface area contributed by atoms with Crippen molar-refractivity contribution < 1.29 is 9.59 Å². The fraction of sp³-hybridized carbons (Fsp3) is 0.467. The van der Waals surface area contributed by atoms with E-state index in [-0.39, 0.29) is 11.9 Å². The van der Waals surface area contributed by atoms with E-state index in [1.165, 1.54) is 4.57 Å². The molecule has 1 fully saturated rings. The van der Waals surface area contributed by atoms with E-state index >= 15 is 0 Å². The van der Waals surface area contributed by atoms with Crippen molar-refractivity contribution in [3.63, 3.8) is 0 Å². The molecule has 1 atom stereocenters. The number of amides is 3. The molecule has 5 heteroatoms. The zero-order valence-corrected chi connectivity index (χ0v) is 13.8. The fourth-order valence-electron chi connectivity index (χ4n) is 2.82. The summed E-state index contributed by atoms with van der Waals surface area (Å²) in [5.74, 6) is -0.0882. The van der Waals surface area contributed by atoms with Gasteiger partial charge >= 0.3 is 6.03 Å². The Labute approximate surface area is 121 Å². The summed E-state index contributed by atoms with van der Waals surface area (Å²) in [5.41, 5.74) is -0.00569. The van der Waals surface area contributed by atoms with Crippen LogP contribution < -0.4 is 0 Å². The van der Waals surface area contributed by atoms with Gasteiger partial charge in [0, 0.05) is 6.54 Å². The second-order valence-corrected chi connectivity index (χ2v) is 11.1. The van der Waals surface area contributed by atoms with E-state index < -0.39 is 13.8 Å². The van der Waals surface area contributed by atoms with Crippen molar-refractivity contribution in [2.24, 2.45) is 0 Å². The van der Waals surface area contributed by atoms with Crippen LogP contribution in [0.4, 0.5) is 4.79 Å². The lowest BCUT2D eigenvalue weighted by Crippen LogP contribution is -2.51. The number of carbonyl (C=O) groups excluding carboxylic acids is 2. The van der Waals surface area contributed by atoms with Gasteiger partial charge in [-0.25, -0.2) is 4.79 Å². The molecular formula is C15H22N2O2Si. The van der Waals surface area contributed by atoms with E-state index in [0.29, 0.717) is 6.54 Å². The lowest BCUT2D eigenvalue weighted by molar-refractivity contribution is -0.130. The Morgan fingerprint density at radius 1 is 1.10 bits per heavy atom. The van der Waals surface area contributed by atoms with Gasteiger partial charge in [-0.3, -0.25) is 9.36 Å². The average molecular weight is 290 g/mol. The van der Waals surface area contributed by atoms with Crippen molar-refractivity contribution in [3.05, 3.63) is 35.9 Å². The predicted octanol–water partition coefficient (Wildman–Crippen LogP) is 3.02. The summed E-state index contributed by atoms with van der Waals surface area (Å²) in [7, 11) is -2.04. The fourth-order valence-corrected chi connectivity index (χ4v) is 4.34. The van der Waals surface area contributed by atoms with Gasteiger partial charge in [-0.1, -0.05) is 50.0 Å². The summed E-state index contributed by atoms with van der Waals surface area (Å²) in [6.07, 6.45) is 0. The first kappa shape index (κ1) is 14.8. The predicted molar refractivity (Wildman–Crippen MR) is 81.8 cm³/mol. The number of benzene rings is 1. The zero-order valence-electron chi connectivity index (χ0n) is 12.8. The van der Waals surface area contributed by atoms with Crippen molar-refractivity contribution in [2.75, 3.05) is 6.54 Å². The quantitative estimate of drug-likeness (QED) is 0.634. The molecule has 0 spiro atoms. The molecule has 108 valence electrons. The molecule has 0 aliphatic carbocycles. The molecule has 1 saturated heterocycles. The van der Waals surface area contributed by atoms with Crippen LogP contribution in [-0.2, 0) is 10.3 Å². The van der Waals surface area contributed by atoms with Crippen LogP contribution in [0.3, 0.4) is 0 Å². The van der Waals surface area contributed by atoms with Crippen molar-refractivity contribution in [1.82, 2.24) is 9.47 Å². The molecule has 0 aromatic heterocycles. The highest BCUT2D eigenvalue weighted by Crippen LogP contribution is 2.39. The molecule has 0 bridgehead atoms. The third-order valence-corrected chi connectivity index (χ3v) is 5.64. The van der Waals surface area contributed by atoms with Crippen molar-refractivity contribution >= 4 is 20.2 Å². The zero-order chi connectivity index (χ0) is 15.1. The molecule has 1 aromatic carbocycles. The van der Waals surface area contributed by atoms with Crippen molar-refractivity contribution in [3.8, 4) is 0 Å². The summed E-state index contributed by atoms with van der Waals surface area (Å²) in [6, 6.07) is 9.42. The van der Waals surface area contributed by atoms with Gasteiger partial charge in [-0.2, -0.15) is 0 Å². The minimum absolute atomic E-state index is 0.0882. The summed E-state index contributed by atoms with van der Waals surface area (Å²) in [4.78, 5) is 27.3. The second kappa shape index (κ2) is 4.73. The maximum absolute atomic E-state index is 13.0. The molecule has 1 aromatic rings. The number of rotatable bonds is 3. The number of hydrogen-bond acceptors (Lipinski definition) is 2. The molecule has 0 N–H and O–H groups in total. The summed E-state index contributed by atoms with van der Waals surface area (Å²) < 4.78 is 1.52. The first-order valence-corrected chi connectivity index (χ1v) is 10.4. The Hall–Kier alpha value is -1.62. The smallest absolute Gasteiger partial charge is 0.307 e. The van der Waals surface area contributed by atoms with E-state index in [2.05, 4.69) is 0 Å². The largest absolute Gasteiger partial charge is 0.319 e. The number of hydrogen-bond donors (Lipinski definition) is 0. The third kappa shape index (κ3) is 1.97. The number of imide groups is 1. The molecular weight excluding hydrogens is 268 g/mol. The number of likely N-dealkylation sites (N-methyl/N-ethyl adjacent to an activating group) is 1. The van der Waals surface area contributed by atoms with E-state index in [0.717, 1.165) is 5.56 Å². The van der Waals surface area contributed by atoms with Gasteiger partial charge in [-0.05, 0) is 19.4 Å². The van der Waals surface area contributed by atoms with Crippen LogP contribution in [0.25, 0.3) is 0 Å². The maximum Gasteiger partial charge on any atom is 0.319 e. The van der Waals surface area contributed by atoms with Crippen LogP contribution in [0.1, 0.15) is 19.4 Å². The Balaban J connectivity index is 2.58. The lowest BCUT2D eigenvalue weighted by Gasteiger charge is -2.31. The summed E-state index contributed by atoms with van der Waals surface area (Å²) in [6.45, 7) is 10.4. The highest BCUT2D eigenvalue weighted by atomic mass is 28.3. The van der Waals surface area contributed by atoms with E-state index in [1.807, 2.05) is 63.8 Å². The molecule has 1 unspecified atom stereocenters. The Morgan fingerprint density at radius 2 is 1.65 bits per heavy atom. The van der Waals surface area contributed by atoms with Crippen LogP contribution in [0, 0.1) is 0 Å². The second-order valence-electron chi connectivity index (χ2n) is 6.28. The van der Waals surface area contributed by atoms with Gasteiger partial charge in [0.1, 0.15) is 5.54 Å². The van der Waals surface area contributed by atoms with Gasteiger partial charge < -0.3 is 4.90 Å². The van der Waals surface area contributed by atoms with Gasteiger partial charge in [0.15, 0.2) is 8.24 Å². The Bertz CT molecular complexity index is 539. The summed E-state index contributed by atoms with van der Waals surface area (Å²) in [5, 5.41) is 0. The molecule has 20 heavy (non-hydrogen) atoms. The molecule has 1 aliphatic heterocycles. The van der Waals surface area contributed by atoms with Crippen LogP contribution in [0.2, 0.25) is 19.6 Å². The van der Waals surface area contributed by atoms with Crippen molar-refractivity contribution in [1.29, 1.82) is 0 Å². The van der Waals surface area contributed by atoms with Crippen LogP contribution in [0.15, 0.2) is 30.3 Å². The van der Waals surface area contributed by atoms with Crippen LogP contribution >= 0.6 is 0 Å². The highest BCUT2D eigenvalue weighted by Gasteiger charge is 2.57. The molecule has 2 rings (SSSR count). The Kier molecular flexibility index (Phi) is 3.50. The highest BCUT2D eigenvalue weighted by molar-refractivity contribution is 6.78. The first-order chi connectivity index (χ1) is 9.24. The monoisotopic (exact) mass is 290 g/mol. The summed E-state index contributed by atoms with van der Waals surface area (Å²) >= 11 is 0. The molecule has 4 nitrogen and oxygen atoms in total. The van der Waals surface area contributed by atoms with Gasteiger partial charge in [0.05, 0.1) is 0 Å². The molecule has 1 heterocycles. The third-order valence-electron chi connectivity index (χ3n) is 3.90. The average Bonchev–Trinajstić information content (AvgIpc) is 2.58. The SMILES string of the molecule is CCN1C(=O)N([Si](C)(C)C)C(=O)C1(C)c1ccccc1. The number of nitrogens with zero attached hydrogens (tertiary/aromatic N) is 2. The van der Waals surface area contributed by atoms with E-state index in [4.69, 9.17) is 0 Å².